The standard InChI is InChI=1S/C14H29NO/c1-10(2)14(7,16)9-15-8-11-12(3,4)13(11,5)6/h10-11,15-16H,8-9H2,1-7H3. The highest BCUT2D eigenvalue weighted by Crippen LogP contribution is 2.67. The second-order valence-electron chi connectivity index (χ2n) is 7.14. The molecular formula is C14H29NO. The Morgan fingerprint density at radius 3 is 1.94 bits per heavy atom. The maximum absolute atomic E-state index is 10.1. The van der Waals surface area contributed by atoms with Crippen molar-refractivity contribution < 1.29 is 5.11 Å². The summed E-state index contributed by atoms with van der Waals surface area (Å²) in [6, 6.07) is 0. The van der Waals surface area contributed by atoms with Crippen molar-refractivity contribution in [1.82, 2.24) is 5.32 Å². The first kappa shape index (κ1) is 14.0. The fraction of sp³-hybridized carbons (Fsp3) is 1.00. The van der Waals surface area contributed by atoms with Crippen molar-refractivity contribution in [1.29, 1.82) is 0 Å². The van der Waals surface area contributed by atoms with E-state index in [1.54, 1.807) is 0 Å². The summed E-state index contributed by atoms with van der Waals surface area (Å²) in [6.45, 7) is 17.1. The van der Waals surface area contributed by atoms with E-state index in [1.807, 2.05) is 6.92 Å². The highest BCUT2D eigenvalue weighted by atomic mass is 16.3. The molecule has 0 heterocycles. The van der Waals surface area contributed by atoms with Crippen LogP contribution in [0.3, 0.4) is 0 Å². The fourth-order valence-electron chi connectivity index (χ4n) is 2.52. The first-order valence-electron chi connectivity index (χ1n) is 6.46. The van der Waals surface area contributed by atoms with E-state index in [4.69, 9.17) is 0 Å². The smallest absolute Gasteiger partial charge is 0.0766 e. The number of hydrogen-bond donors (Lipinski definition) is 2. The molecule has 1 aliphatic carbocycles. The van der Waals surface area contributed by atoms with Crippen molar-refractivity contribution in [3.05, 3.63) is 0 Å². The second-order valence-corrected chi connectivity index (χ2v) is 7.14. The predicted octanol–water partition coefficient (Wildman–Crippen LogP) is 2.67. The Morgan fingerprint density at radius 1 is 1.19 bits per heavy atom. The zero-order valence-electron chi connectivity index (χ0n) is 12.0. The molecule has 0 aromatic heterocycles. The van der Waals surface area contributed by atoms with Crippen LogP contribution in [0.15, 0.2) is 0 Å². The molecule has 0 amide bonds. The Bertz CT molecular complexity index is 239. The molecule has 0 bridgehead atoms. The predicted molar refractivity (Wildman–Crippen MR) is 69.4 cm³/mol. The van der Waals surface area contributed by atoms with Crippen LogP contribution in [-0.4, -0.2) is 23.8 Å². The lowest BCUT2D eigenvalue weighted by molar-refractivity contribution is 0.0139. The summed E-state index contributed by atoms with van der Waals surface area (Å²) < 4.78 is 0. The molecule has 1 unspecified atom stereocenters. The summed E-state index contributed by atoms with van der Waals surface area (Å²) in [5, 5.41) is 13.6. The molecule has 1 fully saturated rings. The molecule has 0 aromatic carbocycles. The lowest BCUT2D eigenvalue weighted by Crippen LogP contribution is -2.43. The van der Waals surface area contributed by atoms with Crippen molar-refractivity contribution in [2.75, 3.05) is 13.1 Å². The van der Waals surface area contributed by atoms with Crippen LogP contribution in [-0.2, 0) is 0 Å². The highest BCUT2D eigenvalue weighted by Gasteiger charge is 2.63. The Kier molecular flexibility index (Phi) is 3.49. The zero-order valence-corrected chi connectivity index (χ0v) is 12.0. The van der Waals surface area contributed by atoms with Gasteiger partial charge in [-0.1, -0.05) is 41.5 Å². The van der Waals surface area contributed by atoms with Gasteiger partial charge in [-0.2, -0.15) is 0 Å². The van der Waals surface area contributed by atoms with Gasteiger partial charge in [0.05, 0.1) is 5.60 Å². The van der Waals surface area contributed by atoms with E-state index in [0.29, 0.717) is 23.3 Å². The van der Waals surface area contributed by atoms with Crippen molar-refractivity contribution in [3.8, 4) is 0 Å². The summed E-state index contributed by atoms with van der Waals surface area (Å²) in [5.74, 6) is 1.02. The molecule has 2 nitrogen and oxygen atoms in total. The van der Waals surface area contributed by atoms with Crippen LogP contribution in [0.4, 0.5) is 0 Å². The SMILES string of the molecule is CC(C)C(C)(O)CNCC1C(C)(C)C1(C)C. The zero-order chi connectivity index (χ0) is 12.8. The van der Waals surface area contributed by atoms with E-state index in [2.05, 4.69) is 46.9 Å². The van der Waals surface area contributed by atoms with Crippen molar-refractivity contribution in [2.45, 2.75) is 54.1 Å². The second kappa shape index (κ2) is 3.99. The van der Waals surface area contributed by atoms with Crippen LogP contribution in [0.1, 0.15) is 48.5 Å². The van der Waals surface area contributed by atoms with Gasteiger partial charge in [0.2, 0.25) is 0 Å². The van der Waals surface area contributed by atoms with Gasteiger partial charge in [0, 0.05) is 6.54 Å². The van der Waals surface area contributed by atoms with Gasteiger partial charge >= 0.3 is 0 Å². The quantitative estimate of drug-likeness (QED) is 0.757. The average molecular weight is 227 g/mol. The number of hydrogen-bond acceptors (Lipinski definition) is 2. The van der Waals surface area contributed by atoms with E-state index < -0.39 is 5.60 Å². The third-order valence-electron chi connectivity index (χ3n) is 5.39. The van der Waals surface area contributed by atoms with Gasteiger partial charge in [0.25, 0.3) is 0 Å². The van der Waals surface area contributed by atoms with Crippen LogP contribution >= 0.6 is 0 Å². The summed E-state index contributed by atoms with van der Waals surface area (Å²) in [4.78, 5) is 0. The normalized spacial score (nSPS) is 26.8. The maximum Gasteiger partial charge on any atom is 0.0766 e. The van der Waals surface area contributed by atoms with Gasteiger partial charge in [0.15, 0.2) is 0 Å². The maximum atomic E-state index is 10.1. The first-order valence-corrected chi connectivity index (χ1v) is 6.46. The molecule has 1 saturated carbocycles. The molecule has 0 aromatic rings. The molecular weight excluding hydrogens is 198 g/mol. The van der Waals surface area contributed by atoms with Gasteiger partial charge < -0.3 is 10.4 Å². The summed E-state index contributed by atoms with van der Waals surface area (Å²) in [6.07, 6.45) is 0. The molecule has 0 spiro atoms. The molecule has 0 aliphatic heterocycles. The van der Waals surface area contributed by atoms with Crippen LogP contribution in [0.2, 0.25) is 0 Å². The minimum Gasteiger partial charge on any atom is -0.389 e. The Morgan fingerprint density at radius 2 is 1.62 bits per heavy atom. The van der Waals surface area contributed by atoms with Crippen LogP contribution in [0, 0.1) is 22.7 Å². The van der Waals surface area contributed by atoms with E-state index in [9.17, 15) is 5.11 Å². The van der Waals surface area contributed by atoms with Gasteiger partial charge in [-0.3, -0.25) is 0 Å². The van der Waals surface area contributed by atoms with E-state index >= 15 is 0 Å². The van der Waals surface area contributed by atoms with Gasteiger partial charge in [-0.25, -0.2) is 0 Å². The molecule has 96 valence electrons. The minimum absolute atomic E-state index is 0.292. The molecule has 16 heavy (non-hydrogen) atoms. The molecule has 2 heteroatoms. The fourth-order valence-corrected chi connectivity index (χ4v) is 2.52. The summed E-state index contributed by atoms with van der Waals surface area (Å²) >= 11 is 0. The van der Waals surface area contributed by atoms with Crippen molar-refractivity contribution in [3.63, 3.8) is 0 Å². The van der Waals surface area contributed by atoms with E-state index in [1.165, 1.54) is 0 Å². The van der Waals surface area contributed by atoms with Gasteiger partial charge in [0.1, 0.15) is 0 Å². The van der Waals surface area contributed by atoms with Gasteiger partial charge in [-0.05, 0) is 36.1 Å². The number of nitrogens with one attached hydrogen (secondary N) is 1. The third-order valence-corrected chi connectivity index (χ3v) is 5.39. The van der Waals surface area contributed by atoms with E-state index in [0.717, 1.165) is 12.5 Å². The third kappa shape index (κ3) is 2.28. The number of rotatable bonds is 5. The van der Waals surface area contributed by atoms with Crippen molar-refractivity contribution >= 4 is 0 Å². The van der Waals surface area contributed by atoms with Crippen LogP contribution in [0.25, 0.3) is 0 Å². The molecule has 1 atom stereocenters. The largest absolute Gasteiger partial charge is 0.389 e. The Labute approximate surface area is 101 Å². The molecule has 0 saturated heterocycles. The topological polar surface area (TPSA) is 32.3 Å². The molecule has 0 radical (unpaired) electrons. The lowest BCUT2D eigenvalue weighted by Gasteiger charge is -2.28. The summed E-state index contributed by atoms with van der Waals surface area (Å²) in [5.41, 5.74) is 0.274. The first-order chi connectivity index (χ1) is 7.03. The highest BCUT2D eigenvalue weighted by molar-refractivity contribution is 5.12. The van der Waals surface area contributed by atoms with Gasteiger partial charge in [-0.15, -0.1) is 0 Å². The van der Waals surface area contributed by atoms with Crippen molar-refractivity contribution in [2.24, 2.45) is 22.7 Å². The van der Waals surface area contributed by atoms with E-state index in [-0.39, 0.29) is 0 Å². The monoisotopic (exact) mass is 227 g/mol. The minimum atomic E-state index is -0.594. The molecule has 2 N–H and O–H groups in total. The van der Waals surface area contributed by atoms with Crippen LogP contribution in [0.5, 0.6) is 0 Å². The average Bonchev–Trinajstić information content (AvgIpc) is 2.47. The number of aliphatic hydroxyl groups is 1. The lowest BCUT2D eigenvalue weighted by atomic mass is 9.92. The summed E-state index contributed by atoms with van der Waals surface area (Å²) in [7, 11) is 0. The molecule has 1 rings (SSSR count). The Balaban J connectivity index is 2.34. The van der Waals surface area contributed by atoms with Crippen LogP contribution < -0.4 is 5.32 Å². The Hall–Kier alpha value is -0.0800. The molecule has 1 aliphatic rings.